The van der Waals surface area contributed by atoms with Gasteiger partial charge < -0.3 is 25.2 Å². The predicted molar refractivity (Wildman–Crippen MR) is 204 cm³/mol. The highest BCUT2D eigenvalue weighted by Crippen LogP contribution is 2.45. The van der Waals surface area contributed by atoms with Crippen LogP contribution in [0, 0.1) is 0 Å². The molecular formula is C38H43ClN2O10S2. The third-order valence-corrected chi connectivity index (χ3v) is 8.77. The Balaban J connectivity index is 0.000000212. The molecule has 0 fully saturated rings. The number of rotatable bonds is 12. The van der Waals surface area contributed by atoms with Gasteiger partial charge in [-0.2, -0.15) is 8.42 Å². The molecule has 4 aromatic rings. The van der Waals surface area contributed by atoms with Crippen LogP contribution in [0.3, 0.4) is 0 Å². The summed E-state index contributed by atoms with van der Waals surface area (Å²) in [6.07, 6.45) is 1.88. The second kappa shape index (κ2) is 19.6. The van der Waals surface area contributed by atoms with Crippen LogP contribution in [0.25, 0.3) is 22.3 Å². The highest BCUT2D eigenvalue weighted by molar-refractivity contribution is 8.13. The van der Waals surface area contributed by atoms with Gasteiger partial charge in [-0.25, -0.2) is 18.0 Å². The van der Waals surface area contributed by atoms with Crippen molar-refractivity contribution >= 4 is 42.0 Å². The topological polar surface area (TPSA) is 174 Å². The lowest BCUT2D eigenvalue weighted by Crippen LogP contribution is -2.27. The molecule has 4 aromatic carbocycles. The molecule has 15 heteroatoms. The molecule has 2 aliphatic carbocycles. The molecule has 2 aliphatic rings. The summed E-state index contributed by atoms with van der Waals surface area (Å²) in [6, 6.07) is 32.7. The first-order valence-corrected chi connectivity index (χ1v) is 21.3. The van der Waals surface area contributed by atoms with E-state index < -0.39 is 31.4 Å². The van der Waals surface area contributed by atoms with Crippen molar-refractivity contribution in [3.8, 4) is 22.3 Å². The van der Waals surface area contributed by atoms with Crippen LogP contribution in [0.5, 0.6) is 0 Å². The standard InChI is InChI=1S/C19H21NO5S.C18H19NO3.CH3ClO2S/c1-26(22,23)25-12-6-11-20-19(21)24-13-18-16-9-4-2-7-14(16)15-8-3-5-10-17(15)18;20-11-5-10-19-18(21)22-12-17-15-8-3-1-6-13(15)14-7-2-4-9-16(14)17;1-5(2,3)4/h2-5,7-10,18H,6,11-13H2,1H3,(H,20,21);1-4,6-9,17,20H,5,10-12H2,(H,19,21);1H3. The smallest absolute Gasteiger partial charge is 0.407 e. The molecule has 0 aromatic heterocycles. The first-order valence-electron chi connectivity index (χ1n) is 16.8. The van der Waals surface area contributed by atoms with Crippen molar-refractivity contribution in [2.45, 2.75) is 24.7 Å². The molecule has 0 atom stereocenters. The summed E-state index contributed by atoms with van der Waals surface area (Å²) in [5.41, 5.74) is 9.50. The average molecular weight is 787 g/mol. The first-order chi connectivity index (χ1) is 25.3. The maximum Gasteiger partial charge on any atom is 0.407 e. The van der Waals surface area contributed by atoms with Gasteiger partial charge >= 0.3 is 12.2 Å². The zero-order valence-corrected chi connectivity index (χ0v) is 31.8. The van der Waals surface area contributed by atoms with Gasteiger partial charge in [0.15, 0.2) is 0 Å². The SMILES string of the molecule is CS(=O)(=O)Cl.CS(=O)(=O)OCCCNC(=O)OCC1c2ccccc2-c2ccccc21.O=C(NCCCO)OCC1c2ccccc2-c2ccccc21. The molecule has 0 bridgehead atoms. The fourth-order valence-electron chi connectivity index (χ4n) is 6.04. The Morgan fingerprint density at radius 1 is 0.623 bits per heavy atom. The van der Waals surface area contributed by atoms with Gasteiger partial charge in [0.25, 0.3) is 10.1 Å². The Morgan fingerprint density at radius 3 is 1.26 bits per heavy atom. The van der Waals surface area contributed by atoms with Gasteiger partial charge in [-0.05, 0) is 57.3 Å². The largest absolute Gasteiger partial charge is 0.449 e. The number of amides is 2. The number of fused-ring (bicyclic) bond motifs is 6. The summed E-state index contributed by atoms with van der Waals surface area (Å²) in [7, 11) is -2.14. The number of ether oxygens (including phenoxy) is 2. The molecule has 0 spiro atoms. The molecule has 53 heavy (non-hydrogen) atoms. The van der Waals surface area contributed by atoms with E-state index >= 15 is 0 Å². The van der Waals surface area contributed by atoms with Crippen molar-refractivity contribution in [2.24, 2.45) is 0 Å². The molecule has 3 N–H and O–H groups in total. The Hall–Kier alpha value is -4.47. The maximum atomic E-state index is 11.9. The molecule has 6 rings (SSSR count). The Morgan fingerprint density at radius 2 is 0.943 bits per heavy atom. The van der Waals surface area contributed by atoms with Gasteiger partial charge in [0.2, 0.25) is 9.05 Å². The van der Waals surface area contributed by atoms with Crippen molar-refractivity contribution in [3.05, 3.63) is 119 Å². The van der Waals surface area contributed by atoms with Crippen molar-refractivity contribution in [1.29, 1.82) is 0 Å². The first kappa shape index (κ1) is 41.3. The Bertz CT molecular complexity index is 1980. The van der Waals surface area contributed by atoms with Crippen LogP contribution in [-0.2, 0) is 32.8 Å². The van der Waals surface area contributed by atoms with Gasteiger partial charge in [0.05, 0.1) is 19.1 Å². The predicted octanol–water partition coefficient (Wildman–Crippen LogP) is 5.98. The molecule has 12 nitrogen and oxygen atoms in total. The van der Waals surface area contributed by atoms with Crippen LogP contribution < -0.4 is 10.6 Å². The second-order valence-corrected chi connectivity index (χ2v) is 16.8. The molecular weight excluding hydrogens is 744 g/mol. The fourth-order valence-corrected chi connectivity index (χ4v) is 6.46. The van der Waals surface area contributed by atoms with E-state index in [1.807, 2.05) is 48.5 Å². The van der Waals surface area contributed by atoms with Crippen molar-refractivity contribution in [3.63, 3.8) is 0 Å². The van der Waals surface area contributed by atoms with Crippen molar-refractivity contribution < 1.29 is 45.2 Å². The summed E-state index contributed by atoms with van der Waals surface area (Å²) in [6.45, 7) is 1.37. The van der Waals surface area contributed by atoms with E-state index in [0.29, 0.717) is 26.0 Å². The van der Waals surface area contributed by atoms with Crippen LogP contribution in [-0.4, -0.2) is 86.2 Å². The van der Waals surface area contributed by atoms with Crippen LogP contribution >= 0.6 is 10.7 Å². The summed E-state index contributed by atoms with van der Waals surface area (Å²) in [4.78, 5) is 23.6. The number of alkyl carbamates (subject to hydrolysis) is 2. The van der Waals surface area contributed by atoms with Crippen molar-refractivity contribution in [2.75, 3.05) is 52.0 Å². The summed E-state index contributed by atoms with van der Waals surface area (Å²) >= 11 is 0. The molecule has 2 amide bonds. The molecule has 0 saturated heterocycles. The fraction of sp³-hybridized carbons (Fsp3) is 0.316. The number of hydrogen-bond acceptors (Lipinski definition) is 10. The minimum absolute atomic E-state index is 0.0155. The average Bonchev–Trinajstić information content (AvgIpc) is 3.61. The molecule has 0 aliphatic heterocycles. The third-order valence-electron chi connectivity index (χ3n) is 8.18. The number of aliphatic hydroxyl groups excluding tert-OH is 1. The highest BCUT2D eigenvalue weighted by atomic mass is 35.7. The molecule has 0 heterocycles. The molecule has 0 saturated carbocycles. The van der Waals surface area contributed by atoms with E-state index in [1.165, 1.54) is 33.4 Å². The normalized spacial score (nSPS) is 12.8. The zero-order valence-electron chi connectivity index (χ0n) is 29.4. The zero-order chi connectivity index (χ0) is 38.4. The number of aliphatic hydroxyl groups is 1. The lowest BCUT2D eigenvalue weighted by atomic mass is 9.98. The van der Waals surface area contributed by atoms with E-state index in [-0.39, 0.29) is 38.2 Å². The summed E-state index contributed by atoms with van der Waals surface area (Å²) in [5, 5.41) is 13.9. The number of carbonyl (C=O) groups excluding carboxylic acids is 2. The second-order valence-electron chi connectivity index (χ2n) is 12.1. The summed E-state index contributed by atoms with van der Waals surface area (Å²) < 4.78 is 55.8. The molecule has 0 unspecified atom stereocenters. The van der Waals surface area contributed by atoms with E-state index in [2.05, 4.69) is 74.0 Å². The van der Waals surface area contributed by atoms with Crippen LogP contribution in [0.4, 0.5) is 9.59 Å². The number of benzene rings is 4. The quantitative estimate of drug-likeness (QED) is 0.0880. The van der Waals surface area contributed by atoms with Gasteiger partial charge in [0, 0.05) is 42.2 Å². The lowest BCUT2D eigenvalue weighted by molar-refractivity contribution is 0.141. The number of halogens is 1. The lowest BCUT2D eigenvalue weighted by Gasteiger charge is -2.14. The monoisotopic (exact) mass is 786 g/mol. The Labute approximate surface area is 315 Å². The van der Waals surface area contributed by atoms with Crippen LogP contribution in [0.2, 0.25) is 0 Å². The van der Waals surface area contributed by atoms with E-state index in [4.69, 9.17) is 14.6 Å². The highest BCUT2D eigenvalue weighted by Gasteiger charge is 2.30. The molecule has 284 valence electrons. The van der Waals surface area contributed by atoms with Gasteiger partial charge in [-0.3, -0.25) is 4.18 Å². The van der Waals surface area contributed by atoms with E-state index in [9.17, 15) is 26.4 Å². The Kier molecular flexibility index (Phi) is 15.2. The number of carbonyl (C=O) groups is 2. The van der Waals surface area contributed by atoms with Gasteiger partial charge in [-0.15, -0.1) is 0 Å². The van der Waals surface area contributed by atoms with Gasteiger partial charge in [0.1, 0.15) is 13.2 Å². The van der Waals surface area contributed by atoms with E-state index in [1.54, 1.807) is 0 Å². The third kappa shape index (κ3) is 12.9. The van der Waals surface area contributed by atoms with Gasteiger partial charge in [-0.1, -0.05) is 97.1 Å². The van der Waals surface area contributed by atoms with Crippen LogP contribution in [0.1, 0.15) is 46.9 Å². The van der Waals surface area contributed by atoms with Crippen molar-refractivity contribution in [1.82, 2.24) is 10.6 Å². The number of nitrogens with one attached hydrogen (secondary N) is 2. The number of hydrogen-bond donors (Lipinski definition) is 3. The molecule has 0 radical (unpaired) electrons. The minimum atomic E-state index is -3.45. The van der Waals surface area contributed by atoms with Crippen LogP contribution in [0.15, 0.2) is 97.1 Å². The van der Waals surface area contributed by atoms with E-state index in [0.717, 1.165) is 23.6 Å². The minimum Gasteiger partial charge on any atom is -0.449 e. The summed E-state index contributed by atoms with van der Waals surface area (Å²) in [5.74, 6) is 0.0951. The maximum absolute atomic E-state index is 11.9.